The molecule has 0 unspecified atom stereocenters. The molecule has 2 aromatic heterocycles. The molecule has 0 N–H and O–H groups in total. The summed E-state index contributed by atoms with van der Waals surface area (Å²) >= 11 is 9.61. The van der Waals surface area contributed by atoms with Crippen molar-refractivity contribution >= 4 is 44.8 Å². The number of benzene rings is 2. The Morgan fingerprint density at radius 3 is 2.75 bits per heavy atom. The molecule has 0 aliphatic rings. The lowest BCUT2D eigenvalue weighted by Gasteiger charge is -2.05. The third kappa shape index (κ3) is 2.83. The number of rotatable bonds is 4. The average Bonchev–Trinajstić information content (AvgIpc) is 3.18. The Bertz CT molecular complexity index is 1010. The van der Waals surface area contributed by atoms with Crippen LogP contribution in [0.1, 0.15) is 5.56 Å². The van der Waals surface area contributed by atoms with E-state index in [1.165, 1.54) is 10.1 Å². The summed E-state index contributed by atoms with van der Waals surface area (Å²) in [5.41, 5.74) is 2.24. The maximum Gasteiger partial charge on any atom is 0.191 e. The zero-order valence-electron chi connectivity index (χ0n) is 12.9. The van der Waals surface area contributed by atoms with E-state index in [0.29, 0.717) is 0 Å². The molecule has 4 aromatic rings. The van der Waals surface area contributed by atoms with E-state index in [1.807, 2.05) is 31.3 Å². The van der Waals surface area contributed by atoms with E-state index in [2.05, 4.69) is 44.4 Å². The van der Waals surface area contributed by atoms with Crippen LogP contribution >= 0.6 is 34.7 Å². The fourth-order valence-electron chi connectivity index (χ4n) is 2.58. The standard InChI is InChI=1S/C18H14ClN3S2/c1-22-17(14-11-23-16-9-5-3-7-13(14)16)20-21-18(22)24-10-12-6-2-4-8-15(12)19/h2-9,11H,10H2,1H3. The minimum Gasteiger partial charge on any atom is -0.305 e. The number of halogens is 1. The second-order valence-corrected chi connectivity index (χ2v) is 7.65. The molecule has 0 atom stereocenters. The number of thiophene rings is 1. The summed E-state index contributed by atoms with van der Waals surface area (Å²) in [5.74, 6) is 1.67. The van der Waals surface area contributed by atoms with E-state index < -0.39 is 0 Å². The van der Waals surface area contributed by atoms with E-state index in [-0.39, 0.29) is 0 Å². The summed E-state index contributed by atoms with van der Waals surface area (Å²) in [6.07, 6.45) is 0. The van der Waals surface area contributed by atoms with Gasteiger partial charge in [0.2, 0.25) is 0 Å². The fraction of sp³-hybridized carbons (Fsp3) is 0.111. The largest absolute Gasteiger partial charge is 0.305 e. The van der Waals surface area contributed by atoms with Crippen molar-refractivity contribution in [3.05, 3.63) is 64.5 Å². The Morgan fingerprint density at radius 1 is 1.08 bits per heavy atom. The van der Waals surface area contributed by atoms with E-state index in [4.69, 9.17) is 11.6 Å². The van der Waals surface area contributed by atoms with Crippen LogP contribution < -0.4 is 0 Å². The summed E-state index contributed by atoms with van der Waals surface area (Å²) in [6, 6.07) is 16.3. The van der Waals surface area contributed by atoms with Crippen molar-refractivity contribution in [3.63, 3.8) is 0 Å². The molecule has 2 heterocycles. The van der Waals surface area contributed by atoms with E-state index >= 15 is 0 Å². The van der Waals surface area contributed by atoms with Gasteiger partial charge >= 0.3 is 0 Å². The molecule has 24 heavy (non-hydrogen) atoms. The number of hydrogen-bond donors (Lipinski definition) is 0. The van der Waals surface area contributed by atoms with Crippen LogP contribution in [0.3, 0.4) is 0 Å². The molecule has 0 amide bonds. The average molecular weight is 372 g/mol. The molecule has 6 heteroatoms. The summed E-state index contributed by atoms with van der Waals surface area (Å²) in [4.78, 5) is 0. The number of thioether (sulfide) groups is 1. The van der Waals surface area contributed by atoms with Gasteiger partial charge < -0.3 is 4.57 Å². The lowest BCUT2D eigenvalue weighted by molar-refractivity contribution is 0.794. The van der Waals surface area contributed by atoms with Crippen LogP contribution in [0.25, 0.3) is 21.5 Å². The first-order valence-corrected chi connectivity index (χ1v) is 9.70. The highest BCUT2D eigenvalue weighted by Gasteiger charge is 2.15. The quantitative estimate of drug-likeness (QED) is 0.435. The van der Waals surface area contributed by atoms with Crippen LogP contribution in [0.15, 0.2) is 59.1 Å². The van der Waals surface area contributed by atoms with Crippen LogP contribution in [0.4, 0.5) is 0 Å². The van der Waals surface area contributed by atoms with Gasteiger partial charge in [-0.25, -0.2) is 0 Å². The smallest absolute Gasteiger partial charge is 0.191 e. The zero-order chi connectivity index (χ0) is 16.5. The van der Waals surface area contributed by atoms with Crippen molar-refractivity contribution in [2.24, 2.45) is 7.05 Å². The summed E-state index contributed by atoms with van der Waals surface area (Å²) in [6.45, 7) is 0. The van der Waals surface area contributed by atoms with Crippen LogP contribution in [0.5, 0.6) is 0 Å². The maximum absolute atomic E-state index is 6.23. The molecule has 3 nitrogen and oxygen atoms in total. The van der Waals surface area contributed by atoms with E-state index in [9.17, 15) is 0 Å². The van der Waals surface area contributed by atoms with Crippen molar-refractivity contribution in [2.75, 3.05) is 0 Å². The molecule has 0 aliphatic carbocycles. The summed E-state index contributed by atoms with van der Waals surface area (Å²) in [5, 5.41) is 13.8. The molecule has 2 aromatic carbocycles. The van der Waals surface area contributed by atoms with Crippen LogP contribution in [0.2, 0.25) is 5.02 Å². The number of nitrogens with zero attached hydrogens (tertiary/aromatic N) is 3. The highest BCUT2D eigenvalue weighted by atomic mass is 35.5. The van der Waals surface area contributed by atoms with Gasteiger partial charge in [-0.15, -0.1) is 21.5 Å². The molecule has 0 saturated heterocycles. The van der Waals surface area contributed by atoms with Crippen molar-refractivity contribution in [1.29, 1.82) is 0 Å². The predicted octanol–water partition coefficient (Wildman–Crippen LogP) is 5.64. The fourth-order valence-corrected chi connectivity index (χ4v) is 4.72. The minimum atomic E-state index is 0.774. The second-order valence-electron chi connectivity index (χ2n) is 5.39. The Balaban J connectivity index is 1.63. The van der Waals surface area contributed by atoms with Crippen molar-refractivity contribution in [1.82, 2.24) is 14.8 Å². The molecule has 120 valence electrons. The van der Waals surface area contributed by atoms with Crippen molar-refractivity contribution in [3.8, 4) is 11.4 Å². The van der Waals surface area contributed by atoms with Gasteiger partial charge in [0.05, 0.1) is 0 Å². The van der Waals surface area contributed by atoms with E-state index in [0.717, 1.165) is 32.9 Å². The van der Waals surface area contributed by atoms with Crippen LogP contribution in [0, 0.1) is 0 Å². The van der Waals surface area contributed by atoms with Crippen molar-refractivity contribution in [2.45, 2.75) is 10.9 Å². The predicted molar refractivity (Wildman–Crippen MR) is 103 cm³/mol. The van der Waals surface area contributed by atoms with Gasteiger partial charge in [-0.2, -0.15) is 0 Å². The van der Waals surface area contributed by atoms with Gasteiger partial charge in [0.15, 0.2) is 11.0 Å². The monoisotopic (exact) mass is 371 g/mol. The zero-order valence-corrected chi connectivity index (χ0v) is 15.3. The van der Waals surface area contributed by atoms with E-state index in [1.54, 1.807) is 23.1 Å². The summed E-state index contributed by atoms with van der Waals surface area (Å²) < 4.78 is 3.32. The van der Waals surface area contributed by atoms with Gasteiger partial charge in [-0.05, 0) is 17.7 Å². The highest BCUT2D eigenvalue weighted by molar-refractivity contribution is 7.98. The number of hydrogen-bond acceptors (Lipinski definition) is 4. The lowest BCUT2D eigenvalue weighted by atomic mass is 10.2. The van der Waals surface area contributed by atoms with Gasteiger partial charge in [0, 0.05) is 38.9 Å². The third-order valence-corrected chi connectivity index (χ3v) is 6.27. The Labute approximate surface area is 153 Å². The minimum absolute atomic E-state index is 0.774. The number of fused-ring (bicyclic) bond motifs is 1. The molecule has 0 radical (unpaired) electrons. The van der Waals surface area contributed by atoms with Crippen molar-refractivity contribution < 1.29 is 0 Å². The molecule has 0 bridgehead atoms. The maximum atomic E-state index is 6.23. The third-order valence-electron chi connectivity index (χ3n) is 3.87. The SMILES string of the molecule is Cn1c(SCc2ccccc2Cl)nnc1-c1csc2ccccc12. The molecular weight excluding hydrogens is 358 g/mol. The molecule has 0 spiro atoms. The first-order chi connectivity index (χ1) is 11.7. The molecule has 0 saturated carbocycles. The summed E-state index contributed by atoms with van der Waals surface area (Å²) in [7, 11) is 2.01. The van der Waals surface area contributed by atoms with Gasteiger partial charge in [0.1, 0.15) is 0 Å². The Kier molecular flexibility index (Phi) is 4.31. The first kappa shape index (κ1) is 15.7. The van der Waals surface area contributed by atoms with Gasteiger partial charge in [-0.3, -0.25) is 0 Å². The molecule has 4 rings (SSSR count). The lowest BCUT2D eigenvalue weighted by Crippen LogP contribution is -1.94. The second kappa shape index (κ2) is 6.59. The molecule has 0 aliphatic heterocycles. The van der Waals surface area contributed by atoms with Gasteiger partial charge in [0.25, 0.3) is 0 Å². The number of aromatic nitrogens is 3. The van der Waals surface area contributed by atoms with Crippen LogP contribution in [-0.2, 0) is 12.8 Å². The normalized spacial score (nSPS) is 11.2. The first-order valence-electron chi connectivity index (χ1n) is 7.46. The highest BCUT2D eigenvalue weighted by Crippen LogP contribution is 2.34. The molecule has 0 fully saturated rings. The van der Waals surface area contributed by atoms with Crippen LogP contribution in [-0.4, -0.2) is 14.8 Å². The Morgan fingerprint density at radius 2 is 1.88 bits per heavy atom. The topological polar surface area (TPSA) is 30.7 Å². The van der Waals surface area contributed by atoms with Gasteiger partial charge in [-0.1, -0.05) is 59.8 Å². The Hall–Kier alpha value is -1.82. The molecular formula is C18H14ClN3S2.